The first kappa shape index (κ1) is 15.0. The summed E-state index contributed by atoms with van der Waals surface area (Å²) in [7, 11) is 3.24. The molecule has 0 unspecified atom stereocenters. The number of nitrogens with zero attached hydrogens (tertiary/aromatic N) is 5. The maximum absolute atomic E-state index is 12.4. The molecular weight excluding hydrogens is 300 g/mol. The quantitative estimate of drug-likeness (QED) is 0.736. The summed E-state index contributed by atoms with van der Waals surface area (Å²) in [6.07, 6.45) is 1.53. The van der Waals surface area contributed by atoms with Crippen LogP contribution in [-0.2, 0) is 4.74 Å². The number of likely N-dealkylation sites (N-methyl/N-ethyl adjacent to an activating group) is 1. The lowest BCUT2D eigenvalue weighted by Crippen LogP contribution is -2.31. The van der Waals surface area contributed by atoms with E-state index in [1.807, 2.05) is 0 Å². The normalized spacial score (nSPS) is 11.0. The molecule has 3 aromatic rings. The Balaban J connectivity index is 1.96. The van der Waals surface area contributed by atoms with Gasteiger partial charge in [0.05, 0.1) is 12.9 Å². The molecule has 0 aliphatic carbocycles. The van der Waals surface area contributed by atoms with Crippen LogP contribution in [0, 0.1) is 0 Å². The van der Waals surface area contributed by atoms with Crippen molar-refractivity contribution in [3.8, 4) is 11.6 Å². The Hall–Kier alpha value is -2.94. The van der Waals surface area contributed by atoms with Crippen LogP contribution in [-0.4, -0.2) is 57.7 Å². The van der Waals surface area contributed by atoms with Crippen molar-refractivity contribution >= 4 is 17.5 Å². The maximum Gasteiger partial charge on any atom is 0.272 e. The predicted octanol–water partition coefficient (Wildman–Crippen LogP) is 0.685. The van der Waals surface area contributed by atoms with Gasteiger partial charge in [0.2, 0.25) is 11.8 Å². The van der Waals surface area contributed by atoms with Crippen LogP contribution in [0.5, 0.6) is 0 Å². The van der Waals surface area contributed by atoms with Crippen LogP contribution in [0.15, 0.2) is 28.9 Å². The number of hydrogen-bond donors (Lipinski definition) is 1. The van der Waals surface area contributed by atoms with Crippen molar-refractivity contribution in [1.82, 2.24) is 24.5 Å². The highest BCUT2D eigenvalue weighted by Gasteiger charge is 2.18. The summed E-state index contributed by atoms with van der Waals surface area (Å²) < 4.78 is 11.6. The molecule has 0 aliphatic rings. The lowest BCUT2D eigenvalue weighted by molar-refractivity contribution is 0.0738. The molecule has 120 valence electrons. The number of hydrogen-bond acceptors (Lipinski definition) is 7. The first-order valence-electron chi connectivity index (χ1n) is 6.91. The second-order valence-corrected chi connectivity index (χ2v) is 4.90. The molecular formula is C14H16N6O3. The largest absolute Gasteiger partial charge is 0.461 e. The van der Waals surface area contributed by atoms with E-state index in [-0.39, 0.29) is 17.5 Å². The number of methoxy groups -OCH3 is 1. The minimum absolute atomic E-state index is 0.0799. The fourth-order valence-electron chi connectivity index (χ4n) is 2.06. The molecule has 3 heterocycles. The summed E-state index contributed by atoms with van der Waals surface area (Å²) in [6.45, 7) is 0.889. The van der Waals surface area contributed by atoms with Crippen molar-refractivity contribution in [2.75, 3.05) is 33.0 Å². The second-order valence-electron chi connectivity index (χ2n) is 4.90. The van der Waals surface area contributed by atoms with E-state index in [0.29, 0.717) is 30.4 Å². The molecule has 0 aromatic carbocycles. The molecule has 0 aliphatic heterocycles. The molecule has 9 nitrogen and oxygen atoms in total. The van der Waals surface area contributed by atoms with Crippen molar-refractivity contribution in [3.05, 3.63) is 30.2 Å². The molecule has 3 rings (SSSR count). The first-order chi connectivity index (χ1) is 11.1. The number of ether oxygens (including phenoxy) is 1. The van der Waals surface area contributed by atoms with Crippen molar-refractivity contribution in [2.45, 2.75) is 0 Å². The summed E-state index contributed by atoms with van der Waals surface area (Å²) in [5.74, 6) is 0.703. The van der Waals surface area contributed by atoms with Gasteiger partial charge in [0.25, 0.3) is 5.91 Å². The third kappa shape index (κ3) is 2.86. The van der Waals surface area contributed by atoms with Gasteiger partial charge in [-0.2, -0.15) is 4.52 Å². The van der Waals surface area contributed by atoms with E-state index >= 15 is 0 Å². The number of furan rings is 1. The predicted molar refractivity (Wildman–Crippen MR) is 81.7 cm³/mol. The molecule has 1 amide bonds. The number of nitrogens with two attached hydrogens (primary N) is 1. The highest BCUT2D eigenvalue weighted by Crippen LogP contribution is 2.18. The van der Waals surface area contributed by atoms with E-state index in [4.69, 9.17) is 14.9 Å². The minimum atomic E-state index is -0.265. The number of anilines is 1. The number of aromatic nitrogens is 4. The Morgan fingerprint density at radius 1 is 1.48 bits per heavy atom. The van der Waals surface area contributed by atoms with E-state index in [9.17, 15) is 4.79 Å². The zero-order valence-electron chi connectivity index (χ0n) is 12.8. The third-order valence-corrected chi connectivity index (χ3v) is 3.29. The monoisotopic (exact) mass is 316 g/mol. The fourth-order valence-corrected chi connectivity index (χ4v) is 2.06. The van der Waals surface area contributed by atoms with Crippen LogP contribution in [0.3, 0.4) is 0 Å². The number of nitrogen functional groups attached to an aromatic ring is 1. The average Bonchev–Trinajstić information content (AvgIpc) is 3.20. The van der Waals surface area contributed by atoms with Gasteiger partial charge in [-0.25, -0.2) is 9.97 Å². The minimum Gasteiger partial charge on any atom is -0.461 e. The Bertz CT molecular complexity index is 827. The van der Waals surface area contributed by atoms with Crippen LogP contribution in [0.2, 0.25) is 0 Å². The van der Waals surface area contributed by atoms with Gasteiger partial charge in [0.15, 0.2) is 11.4 Å². The molecule has 9 heteroatoms. The summed E-state index contributed by atoms with van der Waals surface area (Å²) >= 11 is 0. The van der Waals surface area contributed by atoms with Gasteiger partial charge in [-0.05, 0) is 12.1 Å². The Kier molecular flexibility index (Phi) is 3.94. The molecule has 0 spiro atoms. The zero-order chi connectivity index (χ0) is 16.4. The highest BCUT2D eigenvalue weighted by atomic mass is 16.5. The van der Waals surface area contributed by atoms with Gasteiger partial charge in [-0.1, -0.05) is 0 Å². The molecule has 0 fully saturated rings. The summed E-state index contributed by atoms with van der Waals surface area (Å²) in [4.78, 5) is 22.3. The number of carbonyl (C=O) groups excluding carboxylic acids is 1. The standard InChI is InChI=1S/C14H16N6O3/c1-19(5-7-22-2)13(21)9-8-11-17-12(10-4-3-6-23-10)18-20(11)14(15)16-9/h3-4,6,8H,5,7H2,1-2H3,(H2,15,16). The van der Waals surface area contributed by atoms with E-state index in [0.717, 1.165) is 0 Å². The van der Waals surface area contributed by atoms with Crippen molar-refractivity contribution in [2.24, 2.45) is 0 Å². The van der Waals surface area contributed by atoms with Gasteiger partial charge in [0.1, 0.15) is 5.69 Å². The maximum atomic E-state index is 12.4. The summed E-state index contributed by atoms with van der Waals surface area (Å²) in [5.41, 5.74) is 6.51. The van der Waals surface area contributed by atoms with Gasteiger partial charge < -0.3 is 19.8 Å². The summed E-state index contributed by atoms with van der Waals surface area (Å²) in [5, 5.41) is 4.23. The number of rotatable bonds is 5. The van der Waals surface area contributed by atoms with Crippen LogP contribution in [0.25, 0.3) is 17.2 Å². The van der Waals surface area contributed by atoms with E-state index in [1.165, 1.54) is 15.7 Å². The first-order valence-corrected chi connectivity index (χ1v) is 6.91. The molecule has 0 saturated heterocycles. The molecule has 0 radical (unpaired) electrons. The fraction of sp³-hybridized carbons (Fsp3) is 0.286. The zero-order valence-corrected chi connectivity index (χ0v) is 12.8. The van der Waals surface area contributed by atoms with Crippen LogP contribution >= 0.6 is 0 Å². The Morgan fingerprint density at radius 2 is 2.30 bits per heavy atom. The molecule has 2 N–H and O–H groups in total. The number of fused-ring (bicyclic) bond motifs is 1. The molecule has 0 bridgehead atoms. The van der Waals surface area contributed by atoms with Crippen LogP contribution in [0.1, 0.15) is 10.5 Å². The molecule has 23 heavy (non-hydrogen) atoms. The number of carbonyl (C=O) groups is 1. The third-order valence-electron chi connectivity index (χ3n) is 3.29. The topological polar surface area (TPSA) is 112 Å². The van der Waals surface area contributed by atoms with E-state index < -0.39 is 0 Å². The van der Waals surface area contributed by atoms with E-state index in [1.54, 1.807) is 32.4 Å². The lowest BCUT2D eigenvalue weighted by atomic mass is 10.3. The van der Waals surface area contributed by atoms with E-state index in [2.05, 4.69) is 15.1 Å². The smallest absolute Gasteiger partial charge is 0.272 e. The lowest BCUT2D eigenvalue weighted by Gasteiger charge is -2.16. The molecule has 0 saturated carbocycles. The average molecular weight is 316 g/mol. The summed E-state index contributed by atoms with van der Waals surface area (Å²) in [6, 6.07) is 5.02. The molecule has 0 atom stereocenters. The Morgan fingerprint density at radius 3 is 3.00 bits per heavy atom. The SMILES string of the molecule is COCCN(C)C(=O)c1cc2nc(-c3ccco3)nn2c(N)n1. The van der Waals surface area contributed by atoms with Gasteiger partial charge in [-0.3, -0.25) is 4.79 Å². The second kappa shape index (κ2) is 6.05. The Labute approximate surface area is 131 Å². The van der Waals surface area contributed by atoms with Gasteiger partial charge >= 0.3 is 0 Å². The number of amides is 1. The highest BCUT2D eigenvalue weighted by molar-refractivity contribution is 5.93. The van der Waals surface area contributed by atoms with Crippen molar-refractivity contribution in [1.29, 1.82) is 0 Å². The van der Waals surface area contributed by atoms with Crippen molar-refractivity contribution in [3.63, 3.8) is 0 Å². The van der Waals surface area contributed by atoms with Crippen LogP contribution < -0.4 is 5.73 Å². The molecule has 3 aromatic heterocycles. The van der Waals surface area contributed by atoms with Crippen molar-refractivity contribution < 1.29 is 13.9 Å². The van der Waals surface area contributed by atoms with Gasteiger partial charge in [0, 0.05) is 26.8 Å². The van der Waals surface area contributed by atoms with Crippen LogP contribution in [0.4, 0.5) is 5.95 Å². The van der Waals surface area contributed by atoms with Gasteiger partial charge in [-0.15, -0.1) is 5.10 Å².